The zero-order valence-electron chi connectivity index (χ0n) is 10.4. The Morgan fingerprint density at radius 3 is 3.00 bits per heavy atom. The van der Waals surface area contributed by atoms with Gasteiger partial charge in [0.05, 0.1) is 4.92 Å². The Labute approximate surface area is 114 Å². The molecule has 1 N–H and O–H groups in total. The summed E-state index contributed by atoms with van der Waals surface area (Å²) in [5, 5.41) is 18.8. The summed E-state index contributed by atoms with van der Waals surface area (Å²) >= 11 is 3.87. The van der Waals surface area contributed by atoms with Gasteiger partial charge >= 0.3 is 5.69 Å². The molecule has 1 fully saturated rings. The number of thioether (sulfide) groups is 2. The van der Waals surface area contributed by atoms with Gasteiger partial charge in [-0.25, -0.2) is 4.68 Å². The lowest BCUT2D eigenvalue weighted by Gasteiger charge is -2.21. The molecule has 1 aromatic rings. The molecule has 0 amide bonds. The van der Waals surface area contributed by atoms with Gasteiger partial charge in [-0.1, -0.05) is 0 Å². The first-order valence-electron chi connectivity index (χ1n) is 5.70. The molecule has 1 unspecified atom stereocenters. The number of hydrogen-bond donors (Lipinski definition) is 1. The SMILES string of the molecule is Cc1nn(C)c(NCC2CSCCS2)c1[N+](=O)[O-]. The topological polar surface area (TPSA) is 73.0 Å². The van der Waals surface area contributed by atoms with Gasteiger partial charge in [0, 0.05) is 36.1 Å². The standard InChI is InChI=1S/C10H16N4O2S2/c1-7-9(14(15)16)10(13(2)12-7)11-5-8-6-17-3-4-18-8/h8,11H,3-6H2,1-2H3. The Morgan fingerprint density at radius 1 is 1.61 bits per heavy atom. The van der Waals surface area contributed by atoms with Crippen molar-refractivity contribution in [3.8, 4) is 0 Å². The van der Waals surface area contributed by atoms with Crippen LogP contribution < -0.4 is 5.32 Å². The van der Waals surface area contributed by atoms with E-state index in [9.17, 15) is 10.1 Å². The van der Waals surface area contributed by atoms with Crippen LogP contribution in [-0.4, -0.2) is 43.8 Å². The van der Waals surface area contributed by atoms with Gasteiger partial charge in [0.1, 0.15) is 5.69 Å². The largest absolute Gasteiger partial charge is 0.363 e. The van der Waals surface area contributed by atoms with E-state index in [1.165, 1.54) is 5.75 Å². The molecule has 8 heteroatoms. The van der Waals surface area contributed by atoms with Gasteiger partial charge in [-0.15, -0.1) is 0 Å². The second-order valence-corrected chi connectivity index (χ2v) is 6.67. The van der Waals surface area contributed by atoms with Gasteiger partial charge in [0.25, 0.3) is 0 Å². The van der Waals surface area contributed by atoms with Crippen molar-refractivity contribution in [1.82, 2.24) is 9.78 Å². The monoisotopic (exact) mass is 288 g/mol. The van der Waals surface area contributed by atoms with Crippen molar-refractivity contribution in [2.45, 2.75) is 12.2 Å². The van der Waals surface area contributed by atoms with Crippen molar-refractivity contribution >= 4 is 35.0 Å². The van der Waals surface area contributed by atoms with Crippen LogP contribution in [0.3, 0.4) is 0 Å². The lowest BCUT2D eigenvalue weighted by molar-refractivity contribution is -0.384. The van der Waals surface area contributed by atoms with E-state index in [4.69, 9.17) is 0 Å². The Balaban J connectivity index is 2.06. The van der Waals surface area contributed by atoms with Crippen molar-refractivity contribution in [1.29, 1.82) is 0 Å². The summed E-state index contributed by atoms with van der Waals surface area (Å²) in [4.78, 5) is 10.6. The fourth-order valence-corrected chi connectivity index (χ4v) is 4.54. The lowest BCUT2D eigenvalue weighted by Crippen LogP contribution is -2.24. The number of nitrogens with one attached hydrogen (secondary N) is 1. The molecule has 6 nitrogen and oxygen atoms in total. The van der Waals surface area contributed by atoms with Gasteiger partial charge in [0.15, 0.2) is 0 Å². The normalized spacial score (nSPS) is 19.8. The van der Waals surface area contributed by atoms with Crippen molar-refractivity contribution in [2.75, 3.05) is 29.1 Å². The van der Waals surface area contributed by atoms with Crippen molar-refractivity contribution < 1.29 is 4.92 Å². The maximum atomic E-state index is 11.0. The Kier molecular flexibility index (Phi) is 4.39. The van der Waals surface area contributed by atoms with Crippen molar-refractivity contribution in [3.05, 3.63) is 15.8 Å². The van der Waals surface area contributed by atoms with Crippen LogP contribution >= 0.6 is 23.5 Å². The van der Waals surface area contributed by atoms with Crippen LogP contribution in [0.1, 0.15) is 5.69 Å². The third kappa shape index (κ3) is 2.92. The Hall–Kier alpha value is -0.890. The summed E-state index contributed by atoms with van der Waals surface area (Å²) in [5.74, 6) is 3.96. The van der Waals surface area contributed by atoms with E-state index in [0.717, 1.165) is 18.1 Å². The van der Waals surface area contributed by atoms with E-state index < -0.39 is 0 Å². The highest BCUT2D eigenvalue weighted by Crippen LogP contribution is 2.29. The first-order chi connectivity index (χ1) is 8.59. The minimum absolute atomic E-state index is 0.0889. The minimum atomic E-state index is -0.368. The van der Waals surface area contributed by atoms with E-state index >= 15 is 0 Å². The highest BCUT2D eigenvalue weighted by atomic mass is 32.2. The number of aryl methyl sites for hydroxylation is 2. The average molecular weight is 288 g/mol. The lowest BCUT2D eigenvalue weighted by atomic mass is 10.3. The molecule has 1 aromatic heterocycles. The fraction of sp³-hybridized carbons (Fsp3) is 0.700. The Morgan fingerprint density at radius 2 is 2.39 bits per heavy atom. The summed E-state index contributed by atoms with van der Waals surface area (Å²) < 4.78 is 1.55. The van der Waals surface area contributed by atoms with Crippen LogP contribution in [0.15, 0.2) is 0 Å². The van der Waals surface area contributed by atoms with Crippen molar-refractivity contribution in [2.24, 2.45) is 7.05 Å². The van der Waals surface area contributed by atoms with Crippen LogP contribution in [0.5, 0.6) is 0 Å². The predicted octanol–water partition coefficient (Wildman–Crippen LogP) is 1.90. The number of nitrogens with zero attached hydrogens (tertiary/aromatic N) is 3. The molecule has 0 bridgehead atoms. The number of rotatable bonds is 4. The van der Waals surface area contributed by atoms with Crippen LogP contribution in [0.25, 0.3) is 0 Å². The molecule has 1 atom stereocenters. The molecule has 0 spiro atoms. The fourth-order valence-electron chi connectivity index (χ4n) is 1.93. The second-order valence-electron chi connectivity index (χ2n) is 4.11. The highest BCUT2D eigenvalue weighted by molar-refractivity contribution is 8.06. The summed E-state index contributed by atoms with van der Waals surface area (Å²) in [5.41, 5.74) is 0.543. The molecule has 1 aliphatic rings. The minimum Gasteiger partial charge on any atom is -0.363 e. The average Bonchev–Trinajstić information content (AvgIpc) is 2.62. The third-order valence-electron chi connectivity index (χ3n) is 2.76. The summed E-state index contributed by atoms with van der Waals surface area (Å²) in [6, 6.07) is 0. The molecule has 2 rings (SSSR count). The quantitative estimate of drug-likeness (QED) is 0.674. The van der Waals surface area contributed by atoms with E-state index in [1.807, 2.05) is 23.5 Å². The van der Waals surface area contributed by atoms with E-state index in [2.05, 4.69) is 10.4 Å². The Bertz CT molecular complexity index is 443. The van der Waals surface area contributed by atoms with Gasteiger partial charge in [-0.2, -0.15) is 28.6 Å². The van der Waals surface area contributed by atoms with E-state index in [0.29, 0.717) is 16.8 Å². The zero-order chi connectivity index (χ0) is 13.1. The van der Waals surface area contributed by atoms with Crippen molar-refractivity contribution in [3.63, 3.8) is 0 Å². The molecule has 0 aromatic carbocycles. The molecular weight excluding hydrogens is 272 g/mol. The molecule has 0 radical (unpaired) electrons. The number of hydrogen-bond acceptors (Lipinski definition) is 6. The predicted molar refractivity (Wildman–Crippen MR) is 76.7 cm³/mol. The molecule has 18 heavy (non-hydrogen) atoms. The molecule has 1 aliphatic heterocycles. The second kappa shape index (κ2) is 5.83. The molecule has 0 saturated carbocycles. The van der Waals surface area contributed by atoms with E-state index in [1.54, 1.807) is 18.7 Å². The molecular formula is C10H16N4O2S2. The van der Waals surface area contributed by atoms with Crippen LogP contribution in [0.4, 0.5) is 11.5 Å². The smallest absolute Gasteiger partial charge is 0.333 e. The van der Waals surface area contributed by atoms with Crippen LogP contribution in [0.2, 0.25) is 0 Å². The van der Waals surface area contributed by atoms with Crippen LogP contribution in [-0.2, 0) is 7.05 Å². The zero-order valence-corrected chi connectivity index (χ0v) is 12.0. The summed E-state index contributed by atoms with van der Waals surface area (Å²) in [6.07, 6.45) is 0. The number of anilines is 1. The molecule has 2 heterocycles. The van der Waals surface area contributed by atoms with Gasteiger partial charge < -0.3 is 5.32 Å². The molecule has 0 aliphatic carbocycles. The third-order valence-corrected chi connectivity index (χ3v) is 5.60. The highest BCUT2D eigenvalue weighted by Gasteiger charge is 2.24. The maximum Gasteiger partial charge on any atom is 0.333 e. The summed E-state index contributed by atoms with van der Waals surface area (Å²) in [7, 11) is 1.73. The first kappa shape index (κ1) is 13.5. The van der Waals surface area contributed by atoms with Gasteiger partial charge in [0.2, 0.25) is 5.82 Å². The first-order valence-corrected chi connectivity index (χ1v) is 7.91. The number of nitro groups is 1. The van der Waals surface area contributed by atoms with Gasteiger partial charge in [-0.3, -0.25) is 10.1 Å². The molecule has 1 saturated heterocycles. The van der Waals surface area contributed by atoms with Gasteiger partial charge in [-0.05, 0) is 6.92 Å². The van der Waals surface area contributed by atoms with Crippen LogP contribution in [0, 0.1) is 17.0 Å². The summed E-state index contributed by atoms with van der Waals surface area (Å²) in [6.45, 7) is 2.41. The molecule has 100 valence electrons. The number of aromatic nitrogens is 2. The van der Waals surface area contributed by atoms with E-state index in [-0.39, 0.29) is 10.6 Å². The maximum absolute atomic E-state index is 11.0.